The van der Waals surface area contributed by atoms with E-state index in [1.54, 1.807) is 12.1 Å². The molecule has 19 heavy (non-hydrogen) atoms. The largest absolute Gasteiger partial charge is 0.434 e. The molecule has 3 nitrogen and oxygen atoms in total. The van der Waals surface area contributed by atoms with E-state index in [9.17, 15) is 8.78 Å². The van der Waals surface area contributed by atoms with Crippen LogP contribution < -0.4 is 10.1 Å². The van der Waals surface area contributed by atoms with Crippen LogP contribution in [-0.2, 0) is 0 Å². The van der Waals surface area contributed by atoms with Crippen molar-refractivity contribution in [3.05, 3.63) is 29.8 Å². The molecule has 1 N–H and O–H groups in total. The lowest BCUT2D eigenvalue weighted by Crippen LogP contribution is -2.35. The first-order valence-electron chi connectivity index (χ1n) is 6.56. The minimum Gasteiger partial charge on any atom is -0.434 e. The van der Waals surface area contributed by atoms with E-state index in [2.05, 4.69) is 15.0 Å². The zero-order valence-corrected chi connectivity index (χ0v) is 11.3. The summed E-state index contributed by atoms with van der Waals surface area (Å²) in [6.07, 6.45) is 1.08. The minimum absolute atomic E-state index is 0.0415. The number of alkyl halides is 2. The molecular formula is C14H20F2N2O. The lowest BCUT2D eigenvalue weighted by molar-refractivity contribution is -0.0511. The van der Waals surface area contributed by atoms with Crippen molar-refractivity contribution in [1.29, 1.82) is 0 Å². The van der Waals surface area contributed by atoms with Crippen LogP contribution in [0.15, 0.2) is 24.3 Å². The van der Waals surface area contributed by atoms with Crippen LogP contribution in [-0.4, -0.2) is 37.7 Å². The molecule has 1 aliphatic rings. The molecule has 1 aromatic rings. The Morgan fingerprint density at radius 2 is 2.11 bits per heavy atom. The van der Waals surface area contributed by atoms with E-state index < -0.39 is 6.61 Å². The van der Waals surface area contributed by atoms with Gasteiger partial charge in [-0.05, 0) is 33.0 Å². The van der Waals surface area contributed by atoms with E-state index in [1.165, 1.54) is 0 Å². The zero-order chi connectivity index (χ0) is 13.8. The van der Waals surface area contributed by atoms with Gasteiger partial charge < -0.3 is 10.1 Å². The molecule has 106 valence electrons. The van der Waals surface area contributed by atoms with Gasteiger partial charge in [0.2, 0.25) is 0 Å². The Labute approximate surface area is 112 Å². The van der Waals surface area contributed by atoms with Crippen LogP contribution >= 0.6 is 0 Å². The molecule has 0 saturated carbocycles. The highest BCUT2D eigenvalue weighted by Crippen LogP contribution is 2.31. The maximum Gasteiger partial charge on any atom is 0.387 e. The lowest BCUT2D eigenvalue weighted by atomic mass is 10.0. The van der Waals surface area contributed by atoms with E-state index in [-0.39, 0.29) is 11.8 Å². The van der Waals surface area contributed by atoms with Crippen LogP contribution in [0, 0.1) is 0 Å². The summed E-state index contributed by atoms with van der Waals surface area (Å²) < 4.78 is 29.4. The number of halogens is 2. The van der Waals surface area contributed by atoms with Gasteiger partial charge in [-0.15, -0.1) is 0 Å². The van der Waals surface area contributed by atoms with Gasteiger partial charge in [-0.3, -0.25) is 4.90 Å². The van der Waals surface area contributed by atoms with Crippen molar-refractivity contribution in [2.75, 3.05) is 20.1 Å². The summed E-state index contributed by atoms with van der Waals surface area (Å²) in [7, 11) is 2.03. The number of benzene rings is 1. The third kappa shape index (κ3) is 3.42. The third-order valence-corrected chi connectivity index (χ3v) is 3.81. The maximum absolute atomic E-state index is 12.4. The molecule has 2 rings (SSSR count). The Morgan fingerprint density at radius 1 is 1.37 bits per heavy atom. The quantitative estimate of drug-likeness (QED) is 0.890. The first-order valence-corrected chi connectivity index (χ1v) is 6.56. The van der Waals surface area contributed by atoms with Crippen molar-refractivity contribution >= 4 is 0 Å². The molecular weight excluding hydrogens is 250 g/mol. The summed E-state index contributed by atoms with van der Waals surface area (Å²) in [5.74, 6) is 0.266. The summed E-state index contributed by atoms with van der Waals surface area (Å²) in [5.41, 5.74) is 0.803. The summed E-state index contributed by atoms with van der Waals surface area (Å²) in [6, 6.07) is 7.49. The van der Waals surface area contributed by atoms with Crippen molar-refractivity contribution in [3.63, 3.8) is 0 Å². The van der Waals surface area contributed by atoms with Gasteiger partial charge in [0.05, 0.1) is 0 Å². The van der Waals surface area contributed by atoms with Gasteiger partial charge in [-0.1, -0.05) is 18.2 Å². The highest BCUT2D eigenvalue weighted by molar-refractivity contribution is 5.35. The predicted molar refractivity (Wildman–Crippen MR) is 70.5 cm³/mol. The topological polar surface area (TPSA) is 24.5 Å². The number of rotatable bonds is 5. The summed E-state index contributed by atoms with van der Waals surface area (Å²) >= 11 is 0. The molecule has 0 radical (unpaired) electrons. The summed E-state index contributed by atoms with van der Waals surface area (Å²) in [6.45, 7) is 1.19. The molecule has 5 heteroatoms. The van der Waals surface area contributed by atoms with Crippen LogP contribution in [0.3, 0.4) is 0 Å². The zero-order valence-electron chi connectivity index (χ0n) is 11.3. The average molecular weight is 270 g/mol. The fraction of sp³-hybridized carbons (Fsp3) is 0.571. The Kier molecular flexibility index (Phi) is 4.71. The van der Waals surface area contributed by atoms with Gasteiger partial charge >= 0.3 is 6.61 Å². The van der Waals surface area contributed by atoms with Crippen molar-refractivity contribution in [1.82, 2.24) is 10.2 Å². The second-order valence-electron chi connectivity index (χ2n) is 4.90. The SMILES string of the molecule is CC(c1ccccc1OC(F)F)N(C)C1CCNC1. The number of nitrogens with one attached hydrogen (secondary N) is 1. The second kappa shape index (κ2) is 6.30. The van der Waals surface area contributed by atoms with Crippen LogP contribution in [0.25, 0.3) is 0 Å². The number of para-hydroxylation sites is 1. The van der Waals surface area contributed by atoms with Crippen molar-refractivity contribution < 1.29 is 13.5 Å². The lowest BCUT2D eigenvalue weighted by Gasteiger charge is -2.31. The van der Waals surface area contributed by atoms with Crippen molar-refractivity contribution in [2.24, 2.45) is 0 Å². The van der Waals surface area contributed by atoms with E-state index in [0.29, 0.717) is 6.04 Å². The van der Waals surface area contributed by atoms with Gasteiger partial charge in [0.25, 0.3) is 0 Å². The Bertz CT molecular complexity index is 408. The van der Waals surface area contributed by atoms with Gasteiger partial charge in [0, 0.05) is 24.2 Å². The summed E-state index contributed by atoms with van der Waals surface area (Å²) in [4.78, 5) is 2.22. The highest BCUT2D eigenvalue weighted by Gasteiger charge is 2.25. The number of ether oxygens (including phenoxy) is 1. The number of hydrogen-bond donors (Lipinski definition) is 1. The van der Waals surface area contributed by atoms with Crippen LogP contribution in [0.4, 0.5) is 8.78 Å². The van der Waals surface area contributed by atoms with E-state index >= 15 is 0 Å². The van der Waals surface area contributed by atoms with Crippen LogP contribution in [0.2, 0.25) is 0 Å². The first kappa shape index (κ1) is 14.2. The second-order valence-corrected chi connectivity index (χ2v) is 4.90. The van der Waals surface area contributed by atoms with Gasteiger partial charge in [-0.2, -0.15) is 8.78 Å². The number of hydrogen-bond acceptors (Lipinski definition) is 3. The van der Waals surface area contributed by atoms with E-state index in [1.807, 2.05) is 26.1 Å². The molecule has 0 spiro atoms. The third-order valence-electron chi connectivity index (χ3n) is 3.81. The monoisotopic (exact) mass is 270 g/mol. The molecule has 0 amide bonds. The van der Waals surface area contributed by atoms with E-state index in [4.69, 9.17) is 0 Å². The molecule has 1 heterocycles. The molecule has 1 aromatic carbocycles. The molecule has 0 aromatic heterocycles. The summed E-state index contributed by atoms with van der Waals surface area (Å²) in [5, 5.41) is 3.31. The van der Waals surface area contributed by atoms with Crippen LogP contribution in [0.5, 0.6) is 5.75 Å². The molecule has 2 atom stereocenters. The van der Waals surface area contributed by atoms with Gasteiger partial charge in [0.15, 0.2) is 0 Å². The Hall–Kier alpha value is -1.20. The maximum atomic E-state index is 12.4. The minimum atomic E-state index is -2.79. The molecule has 0 bridgehead atoms. The molecule has 1 saturated heterocycles. The van der Waals surface area contributed by atoms with Gasteiger partial charge in [-0.25, -0.2) is 0 Å². The van der Waals surface area contributed by atoms with Gasteiger partial charge in [0.1, 0.15) is 5.75 Å². The smallest absolute Gasteiger partial charge is 0.387 e. The molecule has 0 aliphatic carbocycles. The highest BCUT2D eigenvalue weighted by atomic mass is 19.3. The molecule has 2 unspecified atom stereocenters. The molecule has 1 fully saturated rings. The normalized spacial score (nSPS) is 21.1. The first-order chi connectivity index (χ1) is 9.09. The van der Waals surface area contributed by atoms with Crippen LogP contribution in [0.1, 0.15) is 24.9 Å². The Morgan fingerprint density at radius 3 is 2.74 bits per heavy atom. The average Bonchev–Trinajstić information content (AvgIpc) is 2.91. The Balaban J connectivity index is 2.15. The van der Waals surface area contributed by atoms with Crippen molar-refractivity contribution in [3.8, 4) is 5.75 Å². The van der Waals surface area contributed by atoms with Crippen molar-refractivity contribution in [2.45, 2.75) is 32.0 Å². The fourth-order valence-corrected chi connectivity index (χ4v) is 2.55. The number of likely N-dealkylation sites (N-methyl/N-ethyl adjacent to an activating group) is 1. The molecule has 1 aliphatic heterocycles. The fourth-order valence-electron chi connectivity index (χ4n) is 2.55. The standard InChI is InChI=1S/C14H20F2N2O/c1-10(18(2)11-7-8-17-9-11)12-5-3-4-6-13(12)19-14(15)16/h3-6,10-11,14,17H,7-9H2,1-2H3. The number of nitrogens with zero attached hydrogens (tertiary/aromatic N) is 1. The predicted octanol–water partition coefficient (Wildman–Crippen LogP) is 2.64. The van der Waals surface area contributed by atoms with E-state index in [0.717, 1.165) is 25.1 Å².